The van der Waals surface area contributed by atoms with Crippen LogP contribution in [0.1, 0.15) is 36.5 Å². The van der Waals surface area contributed by atoms with Gasteiger partial charge in [0.25, 0.3) is 5.91 Å². The van der Waals surface area contributed by atoms with Crippen molar-refractivity contribution >= 4 is 21.6 Å². The van der Waals surface area contributed by atoms with Gasteiger partial charge >= 0.3 is 0 Å². The highest BCUT2D eigenvalue weighted by Crippen LogP contribution is 2.25. The summed E-state index contributed by atoms with van der Waals surface area (Å²) in [5, 5.41) is 2.88. The molecule has 0 spiro atoms. The summed E-state index contributed by atoms with van der Waals surface area (Å²) in [6.07, 6.45) is 2.79. The molecule has 0 aromatic heterocycles. The number of nitrogens with one attached hydrogen (secondary N) is 1. The van der Waals surface area contributed by atoms with Gasteiger partial charge in [0.2, 0.25) is 10.0 Å². The Morgan fingerprint density at radius 1 is 1.14 bits per heavy atom. The minimum atomic E-state index is -3.59. The molecule has 1 saturated heterocycles. The highest BCUT2D eigenvalue weighted by molar-refractivity contribution is 7.89. The number of rotatable bonds is 7. The smallest absolute Gasteiger partial charge is 0.251 e. The molecule has 1 aliphatic rings. The maximum Gasteiger partial charge on any atom is 0.251 e. The molecule has 0 saturated carbocycles. The number of sulfonamides is 1. The SMILES string of the molecule is CC1CCCCN1S(=O)(=O)c1cccc(C(=O)NCCN(C)c2ccccc2)c1. The minimum absolute atomic E-state index is 0.0141. The van der Waals surface area contributed by atoms with E-state index < -0.39 is 10.0 Å². The van der Waals surface area contributed by atoms with E-state index in [1.54, 1.807) is 22.5 Å². The van der Waals surface area contributed by atoms with Crippen molar-refractivity contribution in [1.82, 2.24) is 9.62 Å². The van der Waals surface area contributed by atoms with Gasteiger partial charge in [-0.1, -0.05) is 30.7 Å². The van der Waals surface area contributed by atoms with Crippen molar-refractivity contribution in [2.45, 2.75) is 37.1 Å². The summed E-state index contributed by atoms with van der Waals surface area (Å²) >= 11 is 0. The van der Waals surface area contributed by atoms with E-state index in [2.05, 4.69) is 10.2 Å². The zero-order chi connectivity index (χ0) is 20.9. The van der Waals surface area contributed by atoms with Crippen molar-refractivity contribution in [2.75, 3.05) is 31.6 Å². The highest BCUT2D eigenvalue weighted by Gasteiger charge is 2.31. The molecule has 1 fully saturated rings. The quantitative estimate of drug-likeness (QED) is 0.754. The van der Waals surface area contributed by atoms with Crippen LogP contribution in [0, 0.1) is 0 Å². The van der Waals surface area contributed by atoms with Gasteiger partial charge in [-0.05, 0) is 50.1 Å². The molecular formula is C22H29N3O3S. The third-order valence-electron chi connectivity index (χ3n) is 5.37. The molecule has 29 heavy (non-hydrogen) atoms. The van der Waals surface area contributed by atoms with Gasteiger partial charge in [-0.15, -0.1) is 0 Å². The van der Waals surface area contributed by atoms with Crippen LogP contribution in [0.5, 0.6) is 0 Å². The maximum absolute atomic E-state index is 13.0. The lowest BCUT2D eigenvalue weighted by Crippen LogP contribution is -2.42. The predicted octanol–water partition coefficient (Wildman–Crippen LogP) is 3.12. The van der Waals surface area contributed by atoms with E-state index in [4.69, 9.17) is 0 Å². The molecule has 1 atom stereocenters. The van der Waals surface area contributed by atoms with Crippen molar-refractivity contribution in [3.63, 3.8) is 0 Å². The van der Waals surface area contributed by atoms with Crippen LogP contribution < -0.4 is 10.2 Å². The van der Waals surface area contributed by atoms with E-state index in [-0.39, 0.29) is 16.8 Å². The van der Waals surface area contributed by atoms with E-state index in [1.807, 2.05) is 44.3 Å². The molecule has 2 aromatic carbocycles. The van der Waals surface area contributed by atoms with E-state index in [0.717, 1.165) is 24.9 Å². The fourth-order valence-electron chi connectivity index (χ4n) is 3.61. The van der Waals surface area contributed by atoms with Crippen LogP contribution >= 0.6 is 0 Å². The first-order chi connectivity index (χ1) is 13.9. The molecule has 156 valence electrons. The normalized spacial score (nSPS) is 17.7. The summed E-state index contributed by atoms with van der Waals surface area (Å²) in [6.45, 7) is 3.59. The number of hydrogen-bond acceptors (Lipinski definition) is 4. The standard InChI is InChI=1S/C22H29N3O3S/c1-18-9-6-7-15-25(18)29(27,28)21-13-8-10-19(17-21)22(26)23-14-16-24(2)20-11-4-3-5-12-20/h3-5,8,10-13,17-18H,6-7,9,14-16H2,1-2H3,(H,23,26). The summed E-state index contributed by atoms with van der Waals surface area (Å²) in [5.74, 6) is -0.268. The Kier molecular flexibility index (Phi) is 6.92. The number of hydrogen-bond donors (Lipinski definition) is 1. The monoisotopic (exact) mass is 415 g/mol. The summed E-state index contributed by atoms with van der Waals surface area (Å²) in [6, 6.07) is 16.2. The number of piperidine rings is 1. The third-order valence-corrected chi connectivity index (χ3v) is 7.38. The van der Waals surface area contributed by atoms with Crippen molar-refractivity contribution in [1.29, 1.82) is 0 Å². The number of anilines is 1. The fourth-order valence-corrected chi connectivity index (χ4v) is 5.36. The lowest BCUT2D eigenvalue weighted by atomic mass is 10.1. The minimum Gasteiger partial charge on any atom is -0.373 e. The molecule has 1 N–H and O–H groups in total. The zero-order valence-electron chi connectivity index (χ0n) is 17.0. The van der Waals surface area contributed by atoms with E-state index in [0.29, 0.717) is 25.2 Å². The molecule has 3 rings (SSSR count). The second-order valence-corrected chi connectivity index (χ2v) is 9.39. The van der Waals surface area contributed by atoms with E-state index in [1.165, 1.54) is 6.07 Å². The molecular weight excluding hydrogens is 386 g/mol. The summed E-state index contributed by atoms with van der Waals surface area (Å²) in [5.41, 5.74) is 1.43. The predicted molar refractivity (Wildman–Crippen MR) is 116 cm³/mol. The number of benzene rings is 2. The van der Waals surface area contributed by atoms with Crippen LogP contribution in [0.15, 0.2) is 59.5 Å². The van der Waals surface area contributed by atoms with Crippen molar-refractivity contribution in [3.05, 3.63) is 60.2 Å². The van der Waals surface area contributed by atoms with Gasteiger partial charge in [-0.25, -0.2) is 8.42 Å². The average molecular weight is 416 g/mol. The Balaban J connectivity index is 1.63. The Bertz CT molecular complexity index is 931. The van der Waals surface area contributed by atoms with Gasteiger partial charge in [0.05, 0.1) is 4.90 Å². The van der Waals surface area contributed by atoms with E-state index in [9.17, 15) is 13.2 Å². The number of para-hydroxylation sites is 1. The molecule has 1 amide bonds. The topological polar surface area (TPSA) is 69.7 Å². The number of carbonyl (C=O) groups excluding carboxylic acids is 1. The molecule has 1 heterocycles. The van der Waals surface area contributed by atoms with Gasteiger partial charge in [0.1, 0.15) is 0 Å². The van der Waals surface area contributed by atoms with Crippen LogP contribution in [0.3, 0.4) is 0 Å². The molecule has 0 radical (unpaired) electrons. The van der Waals surface area contributed by atoms with Crippen LogP contribution in [0.25, 0.3) is 0 Å². The third kappa shape index (κ3) is 5.16. The second-order valence-electron chi connectivity index (χ2n) is 7.50. The first-order valence-electron chi connectivity index (χ1n) is 10.1. The van der Waals surface area contributed by atoms with E-state index >= 15 is 0 Å². The summed E-state index contributed by atoms with van der Waals surface area (Å²) < 4.78 is 27.6. The Hall–Kier alpha value is -2.38. The molecule has 0 bridgehead atoms. The zero-order valence-corrected chi connectivity index (χ0v) is 17.9. The lowest BCUT2D eigenvalue weighted by Gasteiger charge is -2.32. The Morgan fingerprint density at radius 2 is 1.90 bits per heavy atom. The molecule has 2 aromatic rings. The maximum atomic E-state index is 13.0. The first-order valence-corrected chi connectivity index (χ1v) is 11.5. The van der Waals surface area contributed by atoms with Gasteiger partial charge in [-0.2, -0.15) is 4.31 Å². The van der Waals surface area contributed by atoms with Gasteiger partial charge < -0.3 is 10.2 Å². The van der Waals surface area contributed by atoms with Crippen molar-refractivity contribution < 1.29 is 13.2 Å². The van der Waals surface area contributed by atoms with Crippen molar-refractivity contribution in [3.8, 4) is 0 Å². The van der Waals surface area contributed by atoms with Gasteiger partial charge in [0, 0.05) is 44.0 Å². The lowest BCUT2D eigenvalue weighted by molar-refractivity contribution is 0.0954. The van der Waals surface area contributed by atoms with Crippen LogP contribution in [0.2, 0.25) is 0 Å². The van der Waals surface area contributed by atoms with Crippen LogP contribution in [-0.2, 0) is 10.0 Å². The van der Waals surface area contributed by atoms with Gasteiger partial charge in [-0.3, -0.25) is 4.79 Å². The summed E-state index contributed by atoms with van der Waals surface area (Å²) in [4.78, 5) is 14.8. The first kappa shape index (κ1) is 21.3. The number of carbonyl (C=O) groups is 1. The number of amides is 1. The molecule has 6 nitrogen and oxygen atoms in total. The molecule has 1 aliphatic heterocycles. The molecule has 7 heteroatoms. The number of nitrogens with zero attached hydrogens (tertiary/aromatic N) is 2. The highest BCUT2D eigenvalue weighted by atomic mass is 32.2. The van der Waals surface area contributed by atoms with Crippen LogP contribution in [0.4, 0.5) is 5.69 Å². The molecule has 1 unspecified atom stereocenters. The summed E-state index contributed by atoms with van der Waals surface area (Å²) in [7, 11) is -1.63. The van der Waals surface area contributed by atoms with Crippen LogP contribution in [-0.4, -0.2) is 51.4 Å². The largest absolute Gasteiger partial charge is 0.373 e. The fraction of sp³-hybridized carbons (Fsp3) is 0.409. The van der Waals surface area contributed by atoms with Crippen molar-refractivity contribution in [2.24, 2.45) is 0 Å². The second kappa shape index (κ2) is 9.41. The number of likely N-dealkylation sites (N-methyl/N-ethyl adjacent to an activating group) is 1. The van der Waals surface area contributed by atoms with Gasteiger partial charge in [0.15, 0.2) is 0 Å². The Morgan fingerprint density at radius 3 is 2.62 bits per heavy atom. The molecule has 0 aliphatic carbocycles. The average Bonchev–Trinajstić information content (AvgIpc) is 2.74. The Labute approximate surface area is 173 Å².